The second kappa shape index (κ2) is 4.17. The molecule has 0 aliphatic carbocycles. The second-order valence-electron chi connectivity index (χ2n) is 2.62. The molecule has 6 nitrogen and oxygen atoms in total. The average Bonchev–Trinajstić information content (AvgIpc) is 2.85. The normalized spacial score (nSPS) is 10.9. The number of thiophene rings is 1. The first kappa shape index (κ1) is 11.0. The zero-order valence-corrected chi connectivity index (χ0v) is 10.1. The minimum atomic E-state index is -3.62. The third-order valence-corrected chi connectivity index (χ3v) is 5.11. The van der Waals surface area contributed by atoms with Crippen LogP contribution in [0.2, 0.25) is 0 Å². The van der Waals surface area contributed by atoms with Crippen molar-refractivity contribution in [2.75, 3.05) is 4.72 Å². The Balaban J connectivity index is 2.29. The summed E-state index contributed by atoms with van der Waals surface area (Å²) in [6.07, 6.45) is 1.32. The molecule has 9 heteroatoms. The number of anilines is 1. The van der Waals surface area contributed by atoms with Gasteiger partial charge in [-0.2, -0.15) is 5.26 Å². The molecular weight excluding hydrogens is 268 g/mol. The smallest absolute Gasteiger partial charge is 0.267 e. The van der Waals surface area contributed by atoms with Crippen molar-refractivity contribution in [3.05, 3.63) is 23.2 Å². The van der Waals surface area contributed by atoms with Gasteiger partial charge in [-0.3, -0.25) is 4.72 Å². The second-order valence-corrected chi connectivity index (χ2v) is 6.40. The molecule has 0 aromatic carbocycles. The molecule has 0 atom stereocenters. The van der Waals surface area contributed by atoms with E-state index < -0.39 is 10.0 Å². The standard InChI is InChI=1S/C7H4N4O2S3/c8-3-5-1-2-7(14-5)16(12,13)10-6-4-9-11-15-6/h1-2,4,10H. The number of rotatable bonds is 3. The van der Waals surface area contributed by atoms with Crippen molar-refractivity contribution in [2.24, 2.45) is 0 Å². The number of nitrogens with one attached hydrogen (secondary N) is 1. The first-order valence-corrected chi connectivity index (χ1v) is 6.99. The molecule has 0 saturated heterocycles. The molecular formula is C7H4N4O2S3. The molecule has 82 valence electrons. The minimum Gasteiger partial charge on any atom is -0.267 e. The molecule has 0 bridgehead atoms. The fourth-order valence-corrected chi connectivity index (χ4v) is 3.71. The number of nitrogens with zero attached hydrogens (tertiary/aromatic N) is 3. The van der Waals surface area contributed by atoms with Crippen LogP contribution in [-0.2, 0) is 10.0 Å². The average molecular weight is 272 g/mol. The van der Waals surface area contributed by atoms with E-state index in [0.29, 0.717) is 9.88 Å². The highest BCUT2D eigenvalue weighted by molar-refractivity contribution is 7.94. The fraction of sp³-hybridized carbons (Fsp3) is 0. The summed E-state index contributed by atoms with van der Waals surface area (Å²) in [5, 5.41) is 12.5. The molecule has 0 aliphatic heterocycles. The molecule has 2 rings (SSSR count). The van der Waals surface area contributed by atoms with Crippen LogP contribution < -0.4 is 4.72 Å². The molecule has 0 aliphatic rings. The van der Waals surface area contributed by atoms with Gasteiger partial charge in [-0.1, -0.05) is 4.49 Å². The molecule has 16 heavy (non-hydrogen) atoms. The van der Waals surface area contributed by atoms with Gasteiger partial charge in [0.25, 0.3) is 10.0 Å². The van der Waals surface area contributed by atoms with Crippen molar-refractivity contribution < 1.29 is 8.42 Å². The van der Waals surface area contributed by atoms with Crippen LogP contribution in [0, 0.1) is 11.3 Å². The van der Waals surface area contributed by atoms with Crippen LogP contribution in [0.3, 0.4) is 0 Å². The predicted molar refractivity (Wildman–Crippen MR) is 59.8 cm³/mol. The lowest BCUT2D eigenvalue weighted by Crippen LogP contribution is -2.10. The maximum atomic E-state index is 11.8. The van der Waals surface area contributed by atoms with Crippen molar-refractivity contribution in [3.8, 4) is 6.07 Å². The zero-order chi connectivity index (χ0) is 11.6. The Hall–Kier alpha value is -1.50. The molecule has 2 heterocycles. The largest absolute Gasteiger partial charge is 0.272 e. The lowest BCUT2D eigenvalue weighted by Gasteiger charge is -2.00. The predicted octanol–water partition coefficient (Wildman–Crippen LogP) is 1.27. The lowest BCUT2D eigenvalue weighted by atomic mass is 10.5. The summed E-state index contributed by atoms with van der Waals surface area (Å²) in [7, 11) is -3.62. The number of nitriles is 1. The molecule has 0 spiro atoms. The van der Waals surface area contributed by atoms with Crippen LogP contribution in [0.4, 0.5) is 5.00 Å². The van der Waals surface area contributed by atoms with Gasteiger partial charge in [0, 0.05) is 11.5 Å². The van der Waals surface area contributed by atoms with Crippen LogP contribution >= 0.6 is 22.9 Å². The summed E-state index contributed by atoms with van der Waals surface area (Å²) < 4.78 is 29.5. The van der Waals surface area contributed by atoms with Gasteiger partial charge in [0.1, 0.15) is 20.2 Å². The van der Waals surface area contributed by atoms with E-state index in [1.54, 1.807) is 0 Å². The van der Waals surface area contributed by atoms with E-state index in [1.807, 2.05) is 6.07 Å². The van der Waals surface area contributed by atoms with E-state index >= 15 is 0 Å². The van der Waals surface area contributed by atoms with E-state index in [1.165, 1.54) is 18.3 Å². The topological polar surface area (TPSA) is 95.7 Å². The summed E-state index contributed by atoms with van der Waals surface area (Å²) >= 11 is 1.86. The number of aromatic nitrogens is 2. The summed E-state index contributed by atoms with van der Waals surface area (Å²) in [4.78, 5) is 0.350. The Kier molecular flexibility index (Phi) is 2.86. The van der Waals surface area contributed by atoms with E-state index in [2.05, 4.69) is 14.3 Å². The zero-order valence-electron chi connectivity index (χ0n) is 7.61. The van der Waals surface area contributed by atoms with Crippen LogP contribution in [-0.4, -0.2) is 18.0 Å². The maximum absolute atomic E-state index is 11.8. The van der Waals surface area contributed by atoms with Crippen LogP contribution in [0.1, 0.15) is 4.88 Å². The van der Waals surface area contributed by atoms with Crippen molar-refractivity contribution in [1.29, 1.82) is 5.26 Å². The first-order chi connectivity index (χ1) is 7.62. The fourth-order valence-electron chi connectivity index (χ4n) is 0.920. The SMILES string of the molecule is N#Cc1ccc(S(=O)(=O)Nc2cnns2)s1. The Bertz CT molecular complexity index is 623. The van der Waals surface area contributed by atoms with E-state index in [-0.39, 0.29) is 4.21 Å². The summed E-state index contributed by atoms with van der Waals surface area (Å²) in [5.74, 6) is 0. The van der Waals surface area contributed by atoms with Gasteiger partial charge in [-0.05, 0) is 12.1 Å². The molecule has 0 fully saturated rings. The summed E-state index contributed by atoms with van der Waals surface area (Å²) in [6.45, 7) is 0. The van der Waals surface area contributed by atoms with Crippen LogP contribution in [0.25, 0.3) is 0 Å². The lowest BCUT2D eigenvalue weighted by molar-refractivity contribution is 0.603. The van der Waals surface area contributed by atoms with Gasteiger partial charge in [-0.25, -0.2) is 8.42 Å². The van der Waals surface area contributed by atoms with Crippen LogP contribution in [0.15, 0.2) is 22.5 Å². The number of hydrogen-bond acceptors (Lipinski definition) is 7. The number of sulfonamides is 1. The van der Waals surface area contributed by atoms with E-state index in [9.17, 15) is 8.42 Å². The quantitative estimate of drug-likeness (QED) is 0.907. The Morgan fingerprint density at radius 2 is 2.25 bits per heavy atom. The van der Waals surface area contributed by atoms with Crippen molar-refractivity contribution in [2.45, 2.75) is 4.21 Å². The molecule has 1 N–H and O–H groups in total. The third kappa shape index (κ3) is 2.19. The van der Waals surface area contributed by atoms with Gasteiger partial charge in [0.05, 0.1) is 6.20 Å². The van der Waals surface area contributed by atoms with Crippen LogP contribution in [0.5, 0.6) is 0 Å². The van der Waals surface area contributed by atoms with E-state index in [0.717, 1.165) is 22.9 Å². The van der Waals surface area contributed by atoms with Gasteiger partial charge < -0.3 is 0 Å². The highest BCUT2D eigenvalue weighted by Crippen LogP contribution is 2.24. The van der Waals surface area contributed by atoms with Gasteiger partial charge in [-0.15, -0.1) is 16.4 Å². The van der Waals surface area contributed by atoms with Gasteiger partial charge >= 0.3 is 0 Å². The molecule has 0 unspecified atom stereocenters. The van der Waals surface area contributed by atoms with E-state index in [4.69, 9.17) is 5.26 Å². The molecule has 0 radical (unpaired) electrons. The Morgan fingerprint density at radius 3 is 2.81 bits per heavy atom. The summed E-state index contributed by atoms with van der Waals surface area (Å²) in [6, 6.07) is 4.73. The monoisotopic (exact) mass is 272 g/mol. The Labute approximate surface area is 99.4 Å². The molecule has 2 aromatic rings. The molecule has 0 saturated carbocycles. The molecule has 0 amide bonds. The first-order valence-electron chi connectivity index (χ1n) is 3.92. The molecule has 2 aromatic heterocycles. The third-order valence-electron chi connectivity index (χ3n) is 1.55. The van der Waals surface area contributed by atoms with Crippen molar-refractivity contribution >= 4 is 37.9 Å². The minimum absolute atomic E-state index is 0.0949. The van der Waals surface area contributed by atoms with Crippen molar-refractivity contribution in [3.63, 3.8) is 0 Å². The summed E-state index contributed by atoms with van der Waals surface area (Å²) in [5.41, 5.74) is 0. The Morgan fingerprint density at radius 1 is 1.44 bits per heavy atom. The highest BCUT2D eigenvalue weighted by atomic mass is 32.2. The number of hydrogen-bond donors (Lipinski definition) is 1. The van der Waals surface area contributed by atoms with Gasteiger partial charge in [0.15, 0.2) is 0 Å². The van der Waals surface area contributed by atoms with Gasteiger partial charge in [0.2, 0.25) is 0 Å². The maximum Gasteiger partial charge on any atom is 0.272 e. The van der Waals surface area contributed by atoms with Crippen molar-refractivity contribution in [1.82, 2.24) is 9.59 Å². The highest BCUT2D eigenvalue weighted by Gasteiger charge is 2.17.